The molecule has 0 saturated carbocycles. The number of aliphatic carboxylic acids is 1. The maximum atomic E-state index is 11.9. The van der Waals surface area contributed by atoms with E-state index in [2.05, 4.69) is 22.5 Å². The Hall–Kier alpha value is -2.07. The van der Waals surface area contributed by atoms with Gasteiger partial charge in [0, 0.05) is 0 Å². The third-order valence-electron chi connectivity index (χ3n) is 2.65. The molecule has 0 unspecified atom stereocenters. The highest BCUT2D eigenvalue weighted by atomic mass is 32.2. The average molecular weight is 346 g/mol. The van der Waals surface area contributed by atoms with Crippen molar-refractivity contribution in [3.63, 3.8) is 0 Å². The lowest BCUT2D eigenvalue weighted by atomic mass is 10.2. The van der Waals surface area contributed by atoms with Crippen LogP contribution in [0.2, 0.25) is 0 Å². The zero-order chi connectivity index (χ0) is 17.8. The number of carboxylic acid groups (broad SMARTS) is 1. The monoisotopic (exact) mass is 346 g/mol. The van der Waals surface area contributed by atoms with E-state index in [1.165, 1.54) is 6.08 Å². The Morgan fingerprint density at radius 3 is 2.39 bits per heavy atom. The molecule has 0 aromatic heterocycles. The first-order valence-electron chi connectivity index (χ1n) is 6.75. The van der Waals surface area contributed by atoms with Gasteiger partial charge in [0.1, 0.15) is 12.6 Å². The van der Waals surface area contributed by atoms with Gasteiger partial charge < -0.3 is 26.8 Å². The molecule has 130 valence electrons. The molecule has 0 aliphatic rings. The van der Waals surface area contributed by atoms with Crippen LogP contribution in [0.4, 0.5) is 0 Å². The van der Waals surface area contributed by atoms with Gasteiger partial charge in [-0.25, -0.2) is 0 Å². The molecule has 0 fully saturated rings. The molecule has 23 heavy (non-hydrogen) atoms. The van der Waals surface area contributed by atoms with Crippen LogP contribution in [0, 0.1) is 0 Å². The molecule has 0 bridgehead atoms. The lowest BCUT2D eigenvalue weighted by Crippen LogP contribution is -2.52. The first kappa shape index (κ1) is 20.9. The second-order valence-corrected chi connectivity index (χ2v) is 5.48. The number of carbonyl (C=O) groups excluding carboxylic acids is 3. The van der Waals surface area contributed by atoms with Gasteiger partial charge in [-0.05, 0) is 18.4 Å². The SMILES string of the molecule is C=C[C@H](NC(=O)[C@@H](N)CCSC)C(=O)NCC(=O)NCC(=O)O. The summed E-state index contributed by atoms with van der Waals surface area (Å²) >= 11 is 1.55. The van der Waals surface area contributed by atoms with Crippen LogP contribution in [-0.2, 0) is 19.2 Å². The summed E-state index contributed by atoms with van der Waals surface area (Å²) in [5, 5.41) is 15.2. The minimum atomic E-state index is -1.19. The van der Waals surface area contributed by atoms with E-state index >= 15 is 0 Å². The zero-order valence-corrected chi connectivity index (χ0v) is 13.6. The largest absolute Gasteiger partial charge is 0.480 e. The topological polar surface area (TPSA) is 151 Å². The standard InChI is InChI=1S/C13H22N4O5S/c1-3-9(17-12(21)8(14)4-5-23-2)13(22)16-6-10(18)15-7-11(19)20/h3,8-9H,1,4-7,14H2,2H3,(H,15,18)(H,16,22)(H,17,21)(H,19,20)/t8-,9-/m0/s1. The summed E-state index contributed by atoms with van der Waals surface area (Å²) < 4.78 is 0. The van der Waals surface area contributed by atoms with Crippen LogP contribution in [-0.4, -0.2) is 66.0 Å². The molecule has 0 spiro atoms. The summed E-state index contributed by atoms with van der Waals surface area (Å²) in [6.45, 7) is 2.49. The summed E-state index contributed by atoms with van der Waals surface area (Å²) in [5.41, 5.74) is 5.69. The number of carboxylic acids is 1. The fourth-order valence-corrected chi connectivity index (χ4v) is 1.87. The van der Waals surface area contributed by atoms with Gasteiger partial charge in [-0.1, -0.05) is 6.08 Å². The van der Waals surface area contributed by atoms with Crippen molar-refractivity contribution in [1.82, 2.24) is 16.0 Å². The smallest absolute Gasteiger partial charge is 0.322 e. The maximum absolute atomic E-state index is 11.9. The second kappa shape index (κ2) is 11.5. The summed E-state index contributed by atoms with van der Waals surface area (Å²) in [4.78, 5) is 45.2. The van der Waals surface area contributed by atoms with Crippen molar-refractivity contribution >= 4 is 35.5 Å². The highest BCUT2D eigenvalue weighted by Crippen LogP contribution is 1.99. The Kier molecular flexibility index (Phi) is 10.5. The van der Waals surface area contributed by atoms with Crippen LogP contribution < -0.4 is 21.7 Å². The highest BCUT2D eigenvalue weighted by Gasteiger charge is 2.21. The predicted molar refractivity (Wildman–Crippen MR) is 86.8 cm³/mol. The van der Waals surface area contributed by atoms with Crippen LogP contribution in [0.15, 0.2) is 12.7 Å². The maximum Gasteiger partial charge on any atom is 0.322 e. The number of nitrogens with two attached hydrogens (primary N) is 1. The van der Waals surface area contributed by atoms with Gasteiger partial charge in [-0.2, -0.15) is 11.8 Å². The summed E-state index contributed by atoms with van der Waals surface area (Å²) in [5.74, 6) is -2.28. The van der Waals surface area contributed by atoms with Crippen LogP contribution in [0.1, 0.15) is 6.42 Å². The van der Waals surface area contributed by atoms with E-state index in [0.717, 1.165) is 0 Å². The average Bonchev–Trinajstić information content (AvgIpc) is 2.52. The van der Waals surface area contributed by atoms with Crippen molar-refractivity contribution in [3.05, 3.63) is 12.7 Å². The summed E-state index contributed by atoms with van der Waals surface area (Å²) in [6, 6.07) is -1.77. The van der Waals surface area contributed by atoms with Gasteiger partial charge in [0.25, 0.3) is 0 Å². The van der Waals surface area contributed by atoms with Crippen LogP contribution in [0.3, 0.4) is 0 Å². The first-order chi connectivity index (χ1) is 10.8. The lowest BCUT2D eigenvalue weighted by Gasteiger charge is -2.17. The van der Waals surface area contributed by atoms with Crippen LogP contribution >= 0.6 is 11.8 Å². The lowest BCUT2D eigenvalue weighted by molar-refractivity contribution is -0.138. The highest BCUT2D eigenvalue weighted by molar-refractivity contribution is 7.98. The number of amides is 3. The molecule has 9 nitrogen and oxygen atoms in total. The Bertz CT molecular complexity index is 458. The second-order valence-electron chi connectivity index (χ2n) is 4.50. The van der Waals surface area contributed by atoms with Crippen LogP contribution in [0.5, 0.6) is 0 Å². The van der Waals surface area contributed by atoms with Gasteiger partial charge in [0.05, 0.1) is 12.6 Å². The molecule has 0 aliphatic heterocycles. The van der Waals surface area contributed by atoms with Crippen molar-refractivity contribution in [2.45, 2.75) is 18.5 Å². The molecule has 0 saturated heterocycles. The summed E-state index contributed by atoms with van der Waals surface area (Å²) in [7, 11) is 0. The van der Waals surface area contributed by atoms with Crippen molar-refractivity contribution in [3.8, 4) is 0 Å². The molecule has 0 aromatic rings. The fraction of sp³-hybridized carbons (Fsp3) is 0.538. The zero-order valence-electron chi connectivity index (χ0n) is 12.8. The number of hydrogen-bond donors (Lipinski definition) is 5. The van der Waals surface area contributed by atoms with E-state index in [1.54, 1.807) is 11.8 Å². The number of thioether (sulfide) groups is 1. The van der Waals surface area contributed by atoms with E-state index < -0.39 is 48.9 Å². The van der Waals surface area contributed by atoms with Gasteiger partial charge in [-0.3, -0.25) is 19.2 Å². The molecular formula is C13H22N4O5S. The molecule has 0 aliphatic carbocycles. The third-order valence-corrected chi connectivity index (χ3v) is 3.29. The number of nitrogens with one attached hydrogen (secondary N) is 3. The molecule has 0 radical (unpaired) electrons. The van der Waals surface area contributed by atoms with Crippen molar-refractivity contribution in [2.24, 2.45) is 5.73 Å². The number of hydrogen-bond acceptors (Lipinski definition) is 6. The summed E-state index contributed by atoms with van der Waals surface area (Å²) in [6.07, 6.45) is 3.57. The van der Waals surface area contributed by atoms with E-state index in [4.69, 9.17) is 10.8 Å². The third kappa shape index (κ3) is 9.53. The first-order valence-corrected chi connectivity index (χ1v) is 8.14. The molecule has 0 aromatic carbocycles. The van der Waals surface area contributed by atoms with E-state index in [0.29, 0.717) is 12.2 Å². The van der Waals surface area contributed by atoms with Gasteiger partial charge in [0.2, 0.25) is 17.7 Å². The Morgan fingerprint density at radius 1 is 1.22 bits per heavy atom. The van der Waals surface area contributed by atoms with Crippen LogP contribution in [0.25, 0.3) is 0 Å². The minimum Gasteiger partial charge on any atom is -0.480 e. The Balaban J connectivity index is 4.30. The quantitative estimate of drug-likeness (QED) is 0.273. The Morgan fingerprint density at radius 2 is 1.87 bits per heavy atom. The predicted octanol–water partition coefficient (Wildman–Crippen LogP) is -1.95. The number of carbonyl (C=O) groups is 4. The van der Waals surface area contributed by atoms with Crippen molar-refractivity contribution < 1.29 is 24.3 Å². The van der Waals surface area contributed by atoms with E-state index in [-0.39, 0.29) is 0 Å². The molecule has 2 atom stereocenters. The molecular weight excluding hydrogens is 324 g/mol. The van der Waals surface area contributed by atoms with Gasteiger partial charge in [0.15, 0.2) is 0 Å². The van der Waals surface area contributed by atoms with Gasteiger partial charge in [-0.15, -0.1) is 6.58 Å². The Labute approximate surface area is 138 Å². The van der Waals surface area contributed by atoms with Crippen molar-refractivity contribution in [2.75, 3.05) is 25.1 Å². The normalized spacial score (nSPS) is 12.6. The minimum absolute atomic E-state index is 0.412. The van der Waals surface area contributed by atoms with Crippen molar-refractivity contribution in [1.29, 1.82) is 0 Å². The molecule has 0 rings (SSSR count). The molecule has 6 N–H and O–H groups in total. The molecule has 3 amide bonds. The van der Waals surface area contributed by atoms with E-state index in [9.17, 15) is 19.2 Å². The molecule has 0 heterocycles. The molecule has 10 heteroatoms. The van der Waals surface area contributed by atoms with Gasteiger partial charge >= 0.3 is 5.97 Å². The number of rotatable bonds is 11. The van der Waals surface area contributed by atoms with E-state index in [1.807, 2.05) is 6.26 Å². The fourth-order valence-electron chi connectivity index (χ4n) is 1.38.